The largest absolute Gasteiger partial charge is 0.329 e. The fraction of sp³-hybridized carbons (Fsp3) is 1.00. The summed E-state index contributed by atoms with van der Waals surface area (Å²) in [7, 11) is 0. The van der Waals surface area contributed by atoms with Crippen LogP contribution in [0.3, 0.4) is 0 Å². The summed E-state index contributed by atoms with van der Waals surface area (Å²) >= 11 is 0. The molecule has 0 bridgehead atoms. The maximum Gasteiger partial charge on any atom is 0.0242 e. The quantitative estimate of drug-likeness (QED) is 0.757. The van der Waals surface area contributed by atoms with E-state index in [2.05, 4.69) is 23.6 Å². The van der Waals surface area contributed by atoms with Crippen LogP contribution in [0.15, 0.2) is 0 Å². The first kappa shape index (κ1) is 12.3. The predicted molar refractivity (Wildman–Crippen MR) is 68.4 cm³/mol. The summed E-state index contributed by atoms with van der Waals surface area (Å²) in [4.78, 5) is 5.23. The van der Waals surface area contributed by atoms with Crippen LogP contribution in [0.25, 0.3) is 0 Å². The average Bonchev–Trinajstić information content (AvgIpc) is 3.05. The lowest BCUT2D eigenvalue weighted by atomic mass is 10.0. The number of hydrogen-bond acceptors (Lipinski definition) is 3. The zero-order valence-electron chi connectivity index (χ0n) is 10.9. The average molecular weight is 225 g/mol. The lowest BCUT2D eigenvalue weighted by molar-refractivity contribution is 0.0775. The predicted octanol–water partition coefficient (Wildman–Crippen LogP) is 0.997. The van der Waals surface area contributed by atoms with Gasteiger partial charge in [-0.15, -0.1) is 0 Å². The molecule has 0 radical (unpaired) electrons. The molecule has 3 nitrogen and oxygen atoms in total. The van der Waals surface area contributed by atoms with Crippen LogP contribution in [0, 0.1) is 11.8 Å². The standard InChI is InChI=1S/C13H27N3/c1-11(2)13(9-14)16-7-5-15(6-8-16)10-12-3-4-12/h11-13H,3-10,14H2,1-2H3. The summed E-state index contributed by atoms with van der Waals surface area (Å²) in [6.07, 6.45) is 2.94. The third-order valence-electron chi connectivity index (χ3n) is 4.10. The zero-order valence-corrected chi connectivity index (χ0v) is 10.9. The fourth-order valence-electron chi connectivity index (χ4n) is 2.79. The van der Waals surface area contributed by atoms with Gasteiger partial charge < -0.3 is 10.6 Å². The van der Waals surface area contributed by atoms with Crippen LogP contribution in [0.5, 0.6) is 0 Å². The molecule has 1 heterocycles. The Kier molecular flexibility index (Phi) is 4.22. The van der Waals surface area contributed by atoms with Gasteiger partial charge >= 0.3 is 0 Å². The van der Waals surface area contributed by atoms with Crippen molar-refractivity contribution >= 4 is 0 Å². The second-order valence-electron chi connectivity index (χ2n) is 5.83. The Balaban J connectivity index is 1.74. The van der Waals surface area contributed by atoms with Crippen LogP contribution >= 0.6 is 0 Å². The van der Waals surface area contributed by atoms with Crippen molar-refractivity contribution in [2.75, 3.05) is 39.3 Å². The van der Waals surface area contributed by atoms with Crippen LogP contribution in [0.4, 0.5) is 0 Å². The van der Waals surface area contributed by atoms with Crippen molar-refractivity contribution in [2.24, 2.45) is 17.6 Å². The molecule has 94 valence electrons. The van der Waals surface area contributed by atoms with E-state index in [0.29, 0.717) is 12.0 Å². The smallest absolute Gasteiger partial charge is 0.0242 e. The second-order valence-corrected chi connectivity index (χ2v) is 5.83. The highest BCUT2D eigenvalue weighted by atomic mass is 15.3. The van der Waals surface area contributed by atoms with E-state index in [1.165, 1.54) is 45.6 Å². The van der Waals surface area contributed by atoms with Gasteiger partial charge in [-0.1, -0.05) is 13.8 Å². The van der Waals surface area contributed by atoms with Crippen LogP contribution in [0.2, 0.25) is 0 Å². The molecular formula is C13H27N3. The first-order chi connectivity index (χ1) is 7.70. The molecule has 0 amide bonds. The number of piperazine rings is 1. The van der Waals surface area contributed by atoms with Gasteiger partial charge in [0.1, 0.15) is 0 Å². The van der Waals surface area contributed by atoms with Crippen LogP contribution in [0.1, 0.15) is 26.7 Å². The van der Waals surface area contributed by atoms with E-state index >= 15 is 0 Å². The Bertz CT molecular complexity index is 205. The lowest BCUT2D eigenvalue weighted by Crippen LogP contribution is -2.54. The molecule has 2 N–H and O–H groups in total. The summed E-state index contributed by atoms with van der Waals surface area (Å²) in [5.41, 5.74) is 5.87. The van der Waals surface area contributed by atoms with Gasteiger partial charge in [-0.05, 0) is 24.7 Å². The van der Waals surface area contributed by atoms with Gasteiger partial charge in [-0.3, -0.25) is 4.90 Å². The normalized spacial score (nSPS) is 26.2. The van der Waals surface area contributed by atoms with Gasteiger partial charge in [0.25, 0.3) is 0 Å². The minimum atomic E-state index is 0.586. The van der Waals surface area contributed by atoms with Crippen molar-refractivity contribution in [1.29, 1.82) is 0 Å². The Morgan fingerprint density at radius 3 is 2.19 bits per heavy atom. The van der Waals surface area contributed by atoms with E-state index in [0.717, 1.165) is 12.5 Å². The summed E-state index contributed by atoms with van der Waals surface area (Å²) in [5.74, 6) is 1.71. The third-order valence-corrected chi connectivity index (χ3v) is 4.10. The summed E-state index contributed by atoms with van der Waals surface area (Å²) in [5, 5.41) is 0. The summed E-state index contributed by atoms with van der Waals surface area (Å²) in [6, 6.07) is 0.586. The molecule has 1 aliphatic heterocycles. The van der Waals surface area contributed by atoms with Crippen molar-refractivity contribution in [1.82, 2.24) is 9.80 Å². The van der Waals surface area contributed by atoms with Gasteiger partial charge in [-0.25, -0.2) is 0 Å². The number of nitrogens with zero attached hydrogens (tertiary/aromatic N) is 2. The molecule has 2 aliphatic rings. The van der Waals surface area contributed by atoms with E-state index in [1.54, 1.807) is 0 Å². The van der Waals surface area contributed by atoms with Crippen molar-refractivity contribution in [3.05, 3.63) is 0 Å². The van der Waals surface area contributed by atoms with Gasteiger partial charge in [0.05, 0.1) is 0 Å². The maximum atomic E-state index is 5.87. The Morgan fingerprint density at radius 2 is 1.75 bits per heavy atom. The Hall–Kier alpha value is -0.120. The minimum absolute atomic E-state index is 0.586. The van der Waals surface area contributed by atoms with Crippen molar-refractivity contribution < 1.29 is 0 Å². The molecule has 2 fully saturated rings. The summed E-state index contributed by atoms with van der Waals surface area (Å²) < 4.78 is 0. The molecule has 0 aromatic rings. The van der Waals surface area contributed by atoms with Crippen molar-refractivity contribution in [3.63, 3.8) is 0 Å². The number of rotatable bonds is 5. The molecule has 1 saturated carbocycles. The molecule has 1 unspecified atom stereocenters. The highest BCUT2D eigenvalue weighted by Gasteiger charge is 2.28. The van der Waals surface area contributed by atoms with E-state index in [4.69, 9.17) is 5.73 Å². The molecule has 1 aliphatic carbocycles. The fourth-order valence-corrected chi connectivity index (χ4v) is 2.79. The van der Waals surface area contributed by atoms with E-state index in [-0.39, 0.29) is 0 Å². The first-order valence-corrected chi connectivity index (χ1v) is 6.87. The Labute approximate surface area is 100.0 Å². The van der Waals surface area contributed by atoms with E-state index < -0.39 is 0 Å². The minimum Gasteiger partial charge on any atom is -0.329 e. The van der Waals surface area contributed by atoms with Gasteiger partial charge in [0.2, 0.25) is 0 Å². The molecular weight excluding hydrogens is 198 g/mol. The van der Waals surface area contributed by atoms with Gasteiger partial charge in [-0.2, -0.15) is 0 Å². The van der Waals surface area contributed by atoms with E-state index in [1.807, 2.05) is 0 Å². The molecule has 0 spiro atoms. The zero-order chi connectivity index (χ0) is 11.5. The highest BCUT2D eigenvalue weighted by molar-refractivity contribution is 4.84. The molecule has 16 heavy (non-hydrogen) atoms. The molecule has 0 aromatic carbocycles. The second kappa shape index (κ2) is 5.48. The van der Waals surface area contributed by atoms with Crippen LogP contribution in [-0.2, 0) is 0 Å². The van der Waals surface area contributed by atoms with Gasteiger partial charge in [0, 0.05) is 45.3 Å². The van der Waals surface area contributed by atoms with Crippen molar-refractivity contribution in [2.45, 2.75) is 32.7 Å². The molecule has 2 rings (SSSR count). The van der Waals surface area contributed by atoms with E-state index in [9.17, 15) is 0 Å². The molecule has 1 atom stereocenters. The third kappa shape index (κ3) is 3.19. The SMILES string of the molecule is CC(C)C(CN)N1CCN(CC2CC2)CC1. The summed E-state index contributed by atoms with van der Waals surface area (Å²) in [6.45, 7) is 11.7. The Morgan fingerprint density at radius 1 is 1.12 bits per heavy atom. The van der Waals surface area contributed by atoms with Crippen LogP contribution in [-0.4, -0.2) is 55.1 Å². The molecule has 3 heteroatoms. The van der Waals surface area contributed by atoms with Gasteiger partial charge in [0.15, 0.2) is 0 Å². The molecule has 1 saturated heterocycles. The first-order valence-electron chi connectivity index (χ1n) is 6.87. The number of nitrogens with two attached hydrogens (primary N) is 1. The maximum absolute atomic E-state index is 5.87. The molecule has 0 aromatic heterocycles. The number of hydrogen-bond donors (Lipinski definition) is 1. The topological polar surface area (TPSA) is 32.5 Å². The lowest BCUT2D eigenvalue weighted by Gasteiger charge is -2.40. The van der Waals surface area contributed by atoms with Crippen LogP contribution < -0.4 is 5.73 Å². The highest BCUT2D eigenvalue weighted by Crippen LogP contribution is 2.30. The van der Waals surface area contributed by atoms with Crippen molar-refractivity contribution in [3.8, 4) is 0 Å². The monoisotopic (exact) mass is 225 g/mol.